The molecule has 0 radical (unpaired) electrons. The predicted octanol–water partition coefficient (Wildman–Crippen LogP) is -2.55. The maximum atomic E-state index is 12.3. The Kier molecular flexibility index (Phi) is 7.27. The fourth-order valence-electron chi connectivity index (χ4n) is 2.82. The van der Waals surface area contributed by atoms with E-state index in [4.69, 9.17) is 5.73 Å². The summed E-state index contributed by atoms with van der Waals surface area (Å²) in [7, 11) is 0. The standard InChI is InChI=1S/C17H23N5O6/c18-13(24)6-7-19-16(27)17(28)22-8-10(4-5-11(23)9-22)20-15(26)12-2-1-3-14(25)21-12/h1-3,10-11,23H,4-9H2,(H2,18,24)(H,19,27)(H,20,26)(H,21,25)/t10-,11+/m1/s1. The summed E-state index contributed by atoms with van der Waals surface area (Å²) in [5.74, 6) is -2.94. The number of nitrogens with two attached hydrogens (primary N) is 1. The number of hydrogen-bond donors (Lipinski definition) is 5. The number of likely N-dealkylation sites (tertiary alicyclic amines) is 1. The summed E-state index contributed by atoms with van der Waals surface area (Å²) in [5.41, 5.74) is 4.62. The first-order chi connectivity index (χ1) is 13.3. The molecule has 152 valence electrons. The number of β-amino-alcohol motifs (C(OH)–C–C–N with tert-alkyl or cyclic N) is 1. The van der Waals surface area contributed by atoms with Crippen LogP contribution in [0.25, 0.3) is 0 Å². The fraction of sp³-hybridized carbons (Fsp3) is 0.471. The highest BCUT2D eigenvalue weighted by atomic mass is 16.3. The first-order valence-corrected chi connectivity index (χ1v) is 8.80. The first-order valence-electron chi connectivity index (χ1n) is 8.80. The van der Waals surface area contributed by atoms with Crippen molar-refractivity contribution in [3.8, 4) is 0 Å². The van der Waals surface area contributed by atoms with Gasteiger partial charge in [-0.05, 0) is 18.9 Å². The Labute approximate surface area is 160 Å². The molecule has 1 aromatic heterocycles. The van der Waals surface area contributed by atoms with Crippen LogP contribution in [0.15, 0.2) is 23.0 Å². The van der Waals surface area contributed by atoms with Gasteiger partial charge in [0.25, 0.3) is 5.91 Å². The van der Waals surface area contributed by atoms with Gasteiger partial charge in [0.2, 0.25) is 11.5 Å². The lowest BCUT2D eigenvalue weighted by atomic mass is 10.1. The summed E-state index contributed by atoms with van der Waals surface area (Å²) in [6.45, 7) is -0.115. The zero-order chi connectivity index (χ0) is 20.7. The van der Waals surface area contributed by atoms with Crippen molar-refractivity contribution in [2.24, 2.45) is 5.73 Å². The van der Waals surface area contributed by atoms with Crippen LogP contribution in [0.1, 0.15) is 29.8 Å². The largest absolute Gasteiger partial charge is 0.391 e. The quantitative estimate of drug-likeness (QED) is 0.344. The van der Waals surface area contributed by atoms with Crippen LogP contribution in [-0.4, -0.2) is 70.4 Å². The minimum Gasteiger partial charge on any atom is -0.391 e. The van der Waals surface area contributed by atoms with Gasteiger partial charge in [0.1, 0.15) is 5.69 Å². The normalized spacial score (nSPS) is 19.4. The molecule has 11 nitrogen and oxygen atoms in total. The lowest BCUT2D eigenvalue weighted by Crippen LogP contribution is -2.50. The van der Waals surface area contributed by atoms with E-state index < -0.39 is 41.3 Å². The average molecular weight is 393 g/mol. The number of amides is 4. The molecule has 0 spiro atoms. The van der Waals surface area contributed by atoms with Gasteiger partial charge < -0.3 is 31.4 Å². The number of primary amides is 1. The number of carbonyl (C=O) groups is 4. The number of H-pyrrole nitrogens is 1. The number of aliphatic hydroxyl groups is 1. The van der Waals surface area contributed by atoms with Gasteiger partial charge in [-0.1, -0.05) is 6.07 Å². The van der Waals surface area contributed by atoms with E-state index in [0.29, 0.717) is 12.8 Å². The van der Waals surface area contributed by atoms with Crippen LogP contribution in [0.4, 0.5) is 0 Å². The summed E-state index contributed by atoms with van der Waals surface area (Å²) in [5, 5.41) is 15.0. The topological polar surface area (TPSA) is 175 Å². The molecule has 2 rings (SSSR count). The van der Waals surface area contributed by atoms with Crippen molar-refractivity contribution >= 4 is 23.6 Å². The number of rotatable bonds is 5. The minimum absolute atomic E-state index is 0.0158. The van der Waals surface area contributed by atoms with E-state index in [1.165, 1.54) is 18.2 Å². The number of nitrogens with zero attached hydrogens (tertiary/aromatic N) is 1. The smallest absolute Gasteiger partial charge is 0.312 e. The maximum absolute atomic E-state index is 12.3. The molecule has 1 aromatic rings. The predicted molar refractivity (Wildman–Crippen MR) is 97.0 cm³/mol. The molecule has 0 aliphatic carbocycles. The van der Waals surface area contributed by atoms with E-state index in [2.05, 4.69) is 15.6 Å². The molecule has 2 heterocycles. The molecule has 4 amide bonds. The average Bonchev–Trinajstić information content (AvgIpc) is 2.82. The van der Waals surface area contributed by atoms with Gasteiger partial charge in [-0.3, -0.25) is 24.0 Å². The van der Waals surface area contributed by atoms with Crippen molar-refractivity contribution in [2.45, 2.75) is 31.4 Å². The Morgan fingerprint density at radius 1 is 1.21 bits per heavy atom. The third kappa shape index (κ3) is 6.20. The monoisotopic (exact) mass is 393 g/mol. The van der Waals surface area contributed by atoms with Crippen molar-refractivity contribution in [3.05, 3.63) is 34.2 Å². The summed E-state index contributed by atoms with van der Waals surface area (Å²) in [4.78, 5) is 62.2. The number of carbonyl (C=O) groups excluding carboxylic acids is 4. The zero-order valence-electron chi connectivity index (χ0n) is 15.1. The third-order valence-corrected chi connectivity index (χ3v) is 4.21. The first kappa shape index (κ1) is 21.1. The Hall–Kier alpha value is -3.21. The highest BCUT2D eigenvalue weighted by Crippen LogP contribution is 2.12. The molecular formula is C17H23N5O6. The van der Waals surface area contributed by atoms with Gasteiger partial charge in [0, 0.05) is 38.2 Å². The van der Waals surface area contributed by atoms with Crippen molar-refractivity contribution in [3.63, 3.8) is 0 Å². The molecule has 0 unspecified atom stereocenters. The van der Waals surface area contributed by atoms with Gasteiger partial charge in [0.05, 0.1) is 6.10 Å². The Bertz CT molecular complexity index is 807. The molecule has 1 fully saturated rings. The van der Waals surface area contributed by atoms with Gasteiger partial charge in [-0.2, -0.15) is 0 Å². The van der Waals surface area contributed by atoms with Crippen molar-refractivity contribution in [2.75, 3.05) is 19.6 Å². The van der Waals surface area contributed by atoms with Crippen LogP contribution in [0.3, 0.4) is 0 Å². The van der Waals surface area contributed by atoms with E-state index in [1.54, 1.807) is 0 Å². The summed E-state index contributed by atoms with van der Waals surface area (Å²) in [6, 6.07) is 3.64. The van der Waals surface area contributed by atoms with Crippen LogP contribution >= 0.6 is 0 Å². The SMILES string of the molecule is NC(=O)CCNC(=O)C(=O)N1C[C@@H](O)CC[C@@H](NC(=O)c2cccc(=O)[nH]2)C1. The maximum Gasteiger partial charge on any atom is 0.312 e. The third-order valence-electron chi connectivity index (χ3n) is 4.21. The Morgan fingerprint density at radius 2 is 1.96 bits per heavy atom. The van der Waals surface area contributed by atoms with Crippen LogP contribution in [0, 0.1) is 0 Å². The summed E-state index contributed by atoms with van der Waals surface area (Å²) < 4.78 is 0. The molecule has 28 heavy (non-hydrogen) atoms. The van der Waals surface area contributed by atoms with Gasteiger partial charge in [-0.15, -0.1) is 0 Å². The minimum atomic E-state index is -0.923. The Balaban J connectivity index is 2.00. The number of aromatic amines is 1. The van der Waals surface area contributed by atoms with Gasteiger partial charge in [-0.25, -0.2) is 0 Å². The number of pyridine rings is 1. The van der Waals surface area contributed by atoms with Gasteiger partial charge in [0.15, 0.2) is 0 Å². The van der Waals surface area contributed by atoms with E-state index in [0.717, 1.165) is 4.90 Å². The van der Waals surface area contributed by atoms with Crippen LogP contribution in [0.5, 0.6) is 0 Å². The molecular weight excluding hydrogens is 370 g/mol. The van der Waals surface area contributed by atoms with Gasteiger partial charge >= 0.3 is 11.8 Å². The molecule has 0 saturated carbocycles. The second-order valence-electron chi connectivity index (χ2n) is 6.51. The van der Waals surface area contributed by atoms with E-state index in [9.17, 15) is 29.1 Å². The number of aliphatic hydroxyl groups excluding tert-OH is 1. The van der Waals surface area contributed by atoms with Crippen LogP contribution in [0.2, 0.25) is 0 Å². The van der Waals surface area contributed by atoms with E-state index in [1.807, 2.05) is 0 Å². The number of nitrogens with one attached hydrogen (secondary N) is 3. The molecule has 1 aliphatic rings. The van der Waals surface area contributed by atoms with Crippen molar-refractivity contribution in [1.82, 2.24) is 20.5 Å². The lowest BCUT2D eigenvalue weighted by Gasteiger charge is -2.25. The second kappa shape index (κ2) is 9.65. The van der Waals surface area contributed by atoms with E-state index in [-0.39, 0.29) is 31.7 Å². The van der Waals surface area contributed by atoms with Crippen molar-refractivity contribution in [1.29, 1.82) is 0 Å². The summed E-state index contributed by atoms with van der Waals surface area (Å²) in [6.07, 6.45) is -0.239. The molecule has 0 aromatic carbocycles. The molecule has 2 atom stereocenters. The fourth-order valence-corrected chi connectivity index (χ4v) is 2.82. The zero-order valence-corrected chi connectivity index (χ0v) is 15.1. The molecule has 1 aliphatic heterocycles. The highest BCUT2D eigenvalue weighted by Gasteiger charge is 2.30. The molecule has 6 N–H and O–H groups in total. The van der Waals surface area contributed by atoms with E-state index >= 15 is 0 Å². The molecule has 0 bridgehead atoms. The van der Waals surface area contributed by atoms with Crippen LogP contribution in [-0.2, 0) is 14.4 Å². The lowest BCUT2D eigenvalue weighted by molar-refractivity contribution is -0.146. The van der Waals surface area contributed by atoms with Crippen LogP contribution < -0.4 is 21.9 Å². The molecule has 1 saturated heterocycles. The number of aromatic nitrogens is 1. The Morgan fingerprint density at radius 3 is 2.64 bits per heavy atom. The number of hydrogen-bond acceptors (Lipinski definition) is 6. The highest BCUT2D eigenvalue weighted by molar-refractivity contribution is 6.35. The van der Waals surface area contributed by atoms with Crippen molar-refractivity contribution < 1.29 is 24.3 Å². The molecule has 11 heteroatoms. The summed E-state index contributed by atoms with van der Waals surface area (Å²) >= 11 is 0. The second-order valence-corrected chi connectivity index (χ2v) is 6.51.